The van der Waals surface area contributed by atoms with Crippen molar-refractivity contribution in [3.8, 4) is 11.5 Å². The smallest absolute Gasteiger partial charge is 0.246 e. The van der Waals surface area contributed by atoms with E-state index >= 15 is 0 Å². The number of rotatable bonds is 8. The molecule has 1 heterocycles. The molecule has 0 spiro atoms. The van der Waals surface area contributed by atoms with Gasteiger partial charge in [0.1, 0.15) is 16.4 Å². The molecule has 1 fully saturated rings. The summed E-state index contributed by atoms with van der Waals surface area (Å²) >= 11 is 0. The van der Waals surface area contributed by atoms with Crippen molar-refractivity contribution in [3.63, 3.8) is 0 Å². The lowest BCUT2D eigenvalue weighted by atomic mass is 10.1. The van der Waals surface area contributed by atoms with Gasteiger partial charge >= 0.3 is 0 Å². The lowest BCUT2D eigenvalue weighted by Crippen LogP contribution is -2.49. The molecule has 0 N–H and O–H groups in total. The maximum atomic E-state index is 13.4. The standard InChI is InChI=1S/C22H30N2O4S/c1-23(15-13-18-8-5-4-6-9-18)19-10-7-14-24(17-19)29(25,26)22-16-20(27-2)11-12-21(22)28-3/h4-6,8-9,11-12,16,19H,7,10,13-15,17H2,1-3H3/t19-/m0/s1. The van der Waals surface area contributed by atoms with E-state index in [1.807, 2.05) is 18.2 Å². The Bertz CT molecular complexity index is 902. The van der Waals surface area contributed by atoms with E-state index in [0.29, 0.717) is 24.6 Å². The van der Waals surface area contributed by atoms with E-state index in [1.54, 1.807) is 16.4 Å². The molecule has 1 atom stereocenters. The minimum atomic E-state index is -3.67. The van der Waals surface area contributed by atoms with Crippen LogP contribution < -0.4 is 9.47 Å². The first-order valence-electron chi connectivity index (χ1n) is 9.92. The molecule has 1 aliphatic rings. The second kappa shape index (κ2) is 9.61. The van der Waals surface area contributed by atoms with Gasteiger partial charge in [0.05, 0.1) is 14.2 Å². The number of piperidine rings is 1. The first-order chi connectivity index (χ1) is 14.0. The Morgan fingerprint density at radius 1 is 1.10 bits per heavy atom. The Morgan fingerprint density at radius 3 is 2.55 bits per heavy atom. The van der Waals surface area contributed by atoms with Crippen molar-refractivity contribution in [2.45, 2.75) is 30.2 Å². The molecular formula is C22H30N2O4S. The van der Waals surface area contributed by atoms with Crippen LogP contribution in [0.3, 0.4) is 0 Å². The van der Waals surface area contributed by atoms with E-state index in [4.69, 9.17) is 9.47 Å². The van der Waals surface area contributed by atoms with Crippen LogP contribution in [0, 0.1) is 0 Å². The summed E-state index contributed by atoms with van der Waals surface area (Å²) in [4.78, 5) is 2.43. The maximum Gasteiger partial charge on any atom is 0.246 e. The number of benzene rings is 2. The Morgan fingerprint density at radius 2 is 1.86 bits per heavy atom. The molecule has 1 aliphatic heterocycles. The zero-order valence-corrected chi connectivity index (χ0v) is 18.2. The van der Waals surface area contributed by atoms with Crippen LogP contribution in [0.2, 0.25) is 0 Å². The fraction of sp³-hybridized carbons (Fsp3) is 0.455. The largest absolute Gasteiger partial charge is 0.497 e. The first-order valence-corrected chi connectivity index (χ1v) is 11.4. The van der Waals surface area contributed by atoms with E-state index in [9.17, 15) is 8.42 Å². The summed E-state index contributed by atoms with van der Waals surface area (Å²) < 4.78 is 38.8. The van der Waals surface area contributed by atoms with Gasteiger partial charge < -0.3 is 14.4 Å². The molecule has 0 unspecified atom stereocenters. The quantitative estimate of drug-likeness (QED) is 0.660. The number of hydrogen-bond acceptors (Lipinski definition) is 5. The summed E-state index contributed by atoms with van der Waals surface area (Å²) in [6.45, 7) is 1.89. The molecule has 0 aromatic heterocycles. The van der Waals surface area contributed by atoms with Crippen molar-refractivity contribution < 1.29 is 17.9 Å². The Hall–Kier alpha value is -2.09. The summed E-state index contributed by atoms with van der Waals surface area (Å²) in [6.07, 6.45) is 2.78. The van der Waals surface area contributed by atoms with Crippen LogP contribution in [0.25, 0.3) is 0 Å². The molecule has 2 aromatic carbocycles. The van der Waals surface area contributed by atoms with Crippen LogP contribution >= 0.6 is 0 Å². The van der Waals surface area contributed by atoms with E-state index in [2.05, 4.69) is 24.1 Å². The van der Waals surface area contributed by atoms with Gasteiger partial charge in [-0.3, -0.25) is 0 Å². The number of hydrogen-bond donors (Lipinski definition) is 0. The predicted octanol–water partition coefficient (Wildman–Crippen LogP) is 3.03. The number of sulfonamides is 1. The topological polar surface area (TPSA) is 59.1 Å². The number of likely N-dealkylation sites (N-methyl/N-ethyl adjacent to an activating group) is 1. The summed E-state index contributed by atoms with van der Waals surface area (Å²) in [5, 5.41) is 0. The lowest BCUT2D eigenvalue weighted by molar-refractivity contribution is 0.164. The second-order valence-corrected chi connectivity index (χ2v) is 9.30. The maximum absolute atomic E-state index is 13.4. The van der Waals surface area contributed by atoms with Crippen molar-refractivity contribution in [1.82, 2.24) is 9.21 Å². The molecule has 0 aliphatic carbocycles. The molecule has 7 heteroatoms. The molecule has 6 nitrogen and oxygen atoms in total. The highest BCUT2D eigenvalue weighted by Crippen LogP contribution is 2.32. The van der Waals surface area contributed by atoms with Crippen molar-refractivity contribution >= 4 is 10.0 Å². The lowest BCUT2D eigenvalue weighted by Gasteiger charge is -2.37. The molecule has 2 aromatic rings. The zero-order chi connectivity index (χ0) is 20.9. The predicted molar refractivity (Wildman–Crippen MR) is 114 cm³/mol. The van der Waals surface area contributed by atoms with E-state index in [-0.39, 0.29) is 10.9 Å². The highest BCUT2D eigenvalue weighted by atomic mass is 32.2. The molecule has 158 valence electrons. The Labute approximate surface area is 174 Å². The normalized spacial score (nSPS) is 18.0. The van der Waals surface area contributed by atoms with Crippen molar-refractivity contribution in [1.29, 1.82) is 0 Å². The van der Waals surface area contributed by atoms with Crippen LogP contribution in [0.15, 0.2) is 53.4 Å². The first kappa shape index (κ1) is 21.6. The highest BCUT2D eigenvalue weighted by molar-refractivity contribution is 7.89. The summed E-state index contributed by atoms with van der Waals surface area (Å²) in [7, 11) is 1.42. The molecule has 1 saturated heterocycles. The van der Waals surface area contributed by atoms with Gasteiger partial charge in [-0.1, -0.05) is 30.3 Å². The van der Waals surface area contributed by atoms with Crippen molar-refractivity contribution in [2.75, 3.05) is 40.9 Å². The zero-order valence-electron chi connectivity index (χ0n) is 17.4. The average Bonchev–Trinajstić information content (AvgIpc) is 2.77. The summed E-state index contributed by atoms with van der Waals surface area (Å²) in [5.74, 6) is 0.836. The van der Waals surface area contributed by atoms with Crippen LogP contribution in [0.4, 0.5) is 0 Å². The van der Waals surface area contributed by atoms with Gasteiger partial charge in [-0.2, -0.15) is 4.31 Å². The Kier molecular flexibility index (Phi) is 7.16. The molecule has 3 rings (SSSR count). The van der Waals surface area contributed by atoms with Crippen LogP contribution in [-0.2, 0) is 16.4 Å². The fourth-order valence-corrected chi connectivity index (χ4v) is 5.44. The Balaban J connectivity index is 1.72. The van der Waals surface area contributed by atoms with Gasteiger partial charge in [0.25, 0.3) is 0 Å². The second-order valence-electron chi connectivity index (χ2n) is 7.39. The number of nitrogens with zero attached hydrogens (tertiary/aromatic N) is 2. The van der Waals surface area contributed by atoms with Crippen LogP contribution in [0.1, 0.15) is 18.4 Å². The third kappa shape index (κ3) is 5.10. The van der Waals surface area contributed by atoms with Gasteiger partial charge in [-0.05, 0) is 44.0 Å². The van der Waals surface area contributed by atoms with Gasteiger partial charge in [0.15, 0.2) is 0 Å². The fourth-order valence-electron chi connectivity index (χ4n) is 3.76. The minimum absolute atomic E-state index is 0.159. The monoisotopic (exact) mass is 418 g/mol. The summed E-state index contributed by atoms with van der Waals surface area (Å²) in [6, 6.07) is 15.4. The highest BCUT2D eigenvalue weighted by Gasteiger charge is 2.33. The van der Waals surface area contributed by atoms with Crippen LogP contribution in [0.5, 0.6) is 11.5 Å². The third-order valence-corrected chi connectivity index (χ3v) is 7.45. The third-order valence-electron chi connectivity index (χ3n) is 5.57. The number of ether oxygens (including phenoxy) is 2. The van der Waals surface area contributed by atoms with Crippen molar-refractivity contribution in [2.24, 2.45) is 0 Å². The van der Waals surface area contributed by atoms with Gasteiger partial charge in [-0.25, -0.2) is 8.42 Å². The SMILES string of the molecule is COc1ccc(OC)c(S(=O)(=O)N2CCC[C@H](N(C)CCc3ccccc3)C2)c1. The van der Waals surface area contributed by atoms with Crippen LogP contribution in [-0.4, -0.2) is 64.6 Å². The van der Waals surface area contributed by atoms with Crippen molar-refractivity contribution in [3.05, 3.63) is 54.1 Å². The molecule has 29 heavy (non-hydrogen) atoms. The molecular weight excluding hydrogens is 388 g/mol. The number of methoxy groups -OCH3 is 2. The van der Waals surface area contributed by atoms with Gasteiger partial charge in [0.2, 0.25) is 10.0 Å². The summed E-state index contributed by atoms with van der Waals surface area (Å²) in [5.41, 5.74) is 1.29. The van der Waals surface area contributed by atoms with E-state index in [0.717, 1.165) is 25.8 Å². The van der Waals surface area contributed by atoms with Gasteiger partial charge in [0, 0.05) is 31.7 Å². The van der Waals surface area contributed by atoms with E-state index in [1.165, 1.54) is 25.8 Å². The average molecular weight is 419 g/mol. The molecule has 0 amide bonds. The van der Waals surface area contributed by atoms with Gasteiger partial charge in [-0.15, -0.1) is 0 Å². The molecule has 0 radical (unpaired) electrons. The minimum Gasteiger partial charge on any atom is -0.497 e. The molecule has 0 bridgehead atoms. The van der Waals surface area contributed by atoms with E-state index < -0.39 is 10.0 Å². The molecule has 0 saturated carbocycles.